The number of allylic oxidation sites excluding steroid dienone is 9. The van der Waals surface area contributed by atoms with Crippen LogP contribution in [0.15, 0.2) is 60.8 Å². The summed E-state index contributed by atoms with van der Waals surface area (Å²) >= 11 is 0. The molecule has 0 saturated carbocycles. The minimum atomic E-state index is -0.324. The largest absolute Gasteiger partial charge is 0.463 e. The standard InChI is InChI=1S/C22H34O3/c1-3-5-15-18-21(23)19-16-13-11-9-7-6-8-10-12-14-17-20-22(24)25-4-2/h6-12,14,17,20-21,23H,3-5,13,15-16,18-19H2,1-2H3. The van der Waals surface area contributed by atoms with Crippen molar-refractivity contribution in [2.24, 2.45) is 0 Å². The Bertz CT molecular complexity index is 456. The van der Waals surface area contributed by atoms with Gasteiger partial charge in [0.2, 0.25) is 0 Å². The van der Waals surface area contributed by atoms with E-state index in [0.717, 1.165) is 32.1 Å². The molecule has 0 bridgehead atoms. The van der Waals surface area contributed by atoms with E-state index < -0.39 is 0 Å². The molecule has 0 aliphatic carbocycles. The molecule has 0 amide bonds. The molecule has 0 aromatic heterocycles. The molecule has 0 rings (SSSR count). The molecular weight excluding hydrogens is 312 g/mol. The Labute approximate surface area is 153 Å². The van der Waals surface area contributed by atoms with Gasteiger partial charge in [-0.3, -0.25) is 0 Å². The van der Waals surface area contributed by atoms with Crippen LogP contribution in [0.4, 0.5) is 0 Å². The predicted octanol–water partition coefficient (Wildman–Crippen LogP) is 5.44. The normalized spacial score (nSPS) is 13.9. The van der Waals surface area contributed by atoms with Crippen molar-refractivity contribution >= 4 is 5.97 Å². The molecule has 1 N–H and O–H groups in total. The zero-order chi connectivity index (χ0) is 18.6. The molecule has 0 spiro atoms. The van der Waals surface area contributed by atoms with Gasteiger partial charge in [0, 0.05) is 6.08 Å². The molecule has 0 radical (unpaired) electrons. The van der Waals surface area contributed by atoms with Crippen LogP contribution in [0.3, 0.4) is 0 Å². The SMILES string of the molecule is CCCCCC(O)CCCC=CC=CC=CC=CC=CC(=O)OCC. The van der Waals surface area contributed by atoms with E-state index in [1.165, 1.54) is 18.9 Å². The predicted molar refractivity (Wildman–Crippen MR) is 106 cm³/mol. The number of aliphatic hydroxyl groups excluding tert-OH is 1. The van der Waals surface area contributed by atoms with E-state index in [1.807, 2.05) is 36.5 Å². The number of carbonyl (C=O) groups excluding carboxylic acids is 1. The van der Waals surface area contributed by atoms with Crippen LogP contribution in [-0.4, -0.2) is 23.8 Å². The molecule has 1 unspecified atom stereocenters. The molecule has 1 atom stereocenters. The van der Waals surface area contributed by atoms with Crippen molar-refractivity contribution in [1.82, 2.24) is 0 Å². The number of hydrogen-bond acceptors (Lipinski definition) is 3. The van der Waals surface area contributed by atoms with E-state index in [-0.39, 0.29) is 12.1 Å². The molecule has 25 heavy (non-hydrogen) atoms. The summed E-state index contributed by atoms with van der Waals surface area (Å²) in [4.78, 5) is 11.0. The summed E-state index contributed by atoms with van der Waals surface area (Å²) in [5.74, 6) is -0.324. The molecule has 0 aromatic carbocycles. The molecule has 0 fully saturated rings. The average Bonchev–Trinajstić information content (AvgIpc) is 2.59. The lowest BCUT2D eigenvalue weighted by Gasteiger charge is -2.08. The fraction of sp³-hybridized carbons (Fsp3) is 0.500. The summed E-state index contributed by atoms with van der Waals surface area (Å²) in [6.07, 6.45) is 25.9. The molecule has 0 heterocycles. The van der Waals surface area contributed by atoms with Gasteiger partial charge in [0.25, 0.3) is 0 Å². The van der Waals surface area contributed by atoms with Gasteiger partial charge < -0.3 is 9.84 Å². The minimum Gasteiger partial charge on any atom is -0.463 e. The van der Waals surface area contributed by atoms with Crippen LogP contribution >= 0.6 is 0 Å². The fourth-order valence-corrected chi connectivity index (χ4v) is 2.13. The lowest BCUT2D eigenvalue weighted by molar-refractivity contribution is -0.137. The van der Waals surface area contributed by atoms with E-state index in [4.69, 9.17) is 4.74 Å². The monoisotopic (exact) mass is 346 g/mol. The van der Waals surface area contributed by atoms with Gasteiger partial charge in [-0.25, -0.2) is 4.79 Å². The van der Waals surface area contributed by atoms with Crippen LogP contribution in [0.25, 0.3) is 0 Å². The first kappa shape index (κ1) is 23.1. The highest BCUT2D eigenvalue weighted by atomic mass is 16.5. The van der Waals surface area contributed by atoms with Gasteiger partial charge >= 0.3 is 5.97 Å². The van der Waals surface area contributed by atoms with E-state index in [9.17, 15) is 9.90 Å². The van der Waals surface area contributed by atoms with Crippen LogP contribution in [0.1, 0.15) is 58.8 Å². The van der Waals surface area contributed by atoms with Crippen LogP contribution in [0.2, 0.25) is 0 Å². The summed E-state index contributed by atoms with van der Waals surface area (Å²) in [5.41, 5.74) is 0. The van der Waals surface area contributed by atoms with E-state index >= 15 is 0 Å². The Morgan fingerprint density at radius 2 is 1.48 bits per heavy atom. The highest BCUT2D eigenvalue weighted by Gasteiger charge is 2.01. The molecular formula is C22H34O3. The van der Waals surface area contributed by atoms with Gasteiger partial charge in [0.05, 0.1) is 12.7 Å². The Morgan fingerprint density at radius 3 is 2.12 bits per heavy atom. The summed E-state index contributed by atoms with van der Waals surface area (Å²) in [6.45, 7) is 4.35. The lowest BCUT2D eigenvalue weighted by Crippen LogP contribution is -2.05. The van der Waals surface area contributed by atoms with E-state index in [0.29, 0.717) is 6.61 Å². The Kier molecular flexibility index (Phi) is 17.1. The van der Waals surface area contributed by atoms with Gasteiger partial charge in [-0.1, -0.05) is 80.9 Å². The first-order valence-corrected chi connectivity index (χ1v) is 9.38. The number of aliphatic hydroxyl groups is 1. The highest BCUT2D eigenvalue weighted by Crippen LogP contribution is 2.09. The number of ether oxygens (including phenoxy) is 1. The third-order valence-corrected chi connectivity index (χ3v) is 3.48. The molecule has 0 saturated heterocycles. The summed E-state index contributed by atoms with van der Waals surface area (Å²) in [6, 6.07) is 0. The third kappa shape index (κ3) is 18.3. The van der Waals surface area contributed by atoms with Crippen molar-refractivity contribution in [1.29, 1.82) is 0 Å². The Hall–Kier alpha value is -1.87. The molecule has 0 aliphatic rings. The number of rotatable bonds is 14. The number of unbranched alkanes of at least 4 members (excludes halogenated alkanes) is 3. The average molecular weight is 347 g/mol. The fourth-order valence-electron chi connectivity index (χ4n) is 2.13. The lowest BCUT2D eigenvalue weighted by atomic mass is 10.1. The van der Waals surface area contributed by atoms with Crippen molar-refractivity contribution in [2.75, 3.05) is 6.61 Å². The summed E-state index contributed by atoms with van der Waals surface area (Å²) < 4.78 is 4.77. The maximum atomic E-state index is 11.0. The van der Waals surface area contributed by atoms with Crippen LogP contribution in [-0.2, 0) is 9.53 Å². The number of esters is 1. The van der Waals surface area contributed by atoms with Gasteiger partial charge in [-0.05, 0) is 32.6 Å². The van der Waals surface area contributed by atoms with Gasteiger partial charge in [-0.2, -0.15) is 0 Å². The number of hydrogen-bond donors (Lipinski definition) is 1. The smallest absolute Gasteiger partial charge is 0.330 e. The maximum absolute atomic E-state index is 11.0. The van der Waals surface area contributed by atoms with Crippen molar-refractivity contribution in [3.8, 4) is 0 Å². The quantitative estimate of drug-likeness (QED) is 0.197. The van der Waals surface area contributed by atoms with Gasteiger partial charge in [0.1, 0.15) is 0 Å². The topological polar surface area (TPSA) is 46.5 Å². The molecule has 3 heteroatoms. The zero-order valence-electron chi connectivity index (χ0n) is 15.8. The molecule has 0 aromatic rings. The highest BCUT2D eigenvalue weighted by molar-refractivity contribution is 5.82. The van der Waals surface area contributed by atoms with Crippen molar-refractivity contribution in [2.45, 2.75) is 64.9 Å². The first-order valence-electron chi connectivity index (χ1n) is 9.38. The second-order valence-electron chi connectivity index (χ2n) is 5.77. The van der Waals surface area contributed by atoms with Crippen molar-refractivity contribution in [3.05, 3.63) is 60.8 Å². The summed E-state index contributed by atoms with van der Waals surface area (Å²) in [5, 5.41) is 9.81. The van der Waals surface area contributed by atoms with E-state index in [2.05, 4.69) is 13.0 Å². The molecule has 3 nitrogen and oxygen atoms in total. The zero-order valence-corrected chi connectivity index (χ0v) is 15.8. The Morgan fingerprint density at radius 1 is 0.880 bits per heavy atom. The first-order chi connectivity index (χ1) is 12.2. The maximum Gasteiger partial charge on any atom is 0.330 e. The second kappa shape index (κ2) is 18.5. The van der Waals surface area contributed by atoms with Crippen molar-refractivity contribution < 1.29 is 14.6 Å². The summed E-state index contributed by atoms with van der Waals surface area (Å²) in [7, 11) is 0. The molecule has 140 valence electrons. The number of carbonyl (C=O) groups is 1. The van der Waals surface area contributed by atoms with Crippen molar-refractivity contribution in [3.63, 3.8) is 0 Å². The minimum absolute atomic E-state index is 0.136. The van der Waals surface area contributed by atoms with Crippen LogP contribution < -0.4 is 0 Å². The third-order valence-electron chi connectivity index (χ3n) is 3.48. The van der Waals surface area contributed by atoms with Gasteiger partial charge in [-0.15, -0.1) is 0 Å². The van der Waals surface area contributed by atoms with E-state index in [1.54, 1.807) is 19.1 Å². The van der Waals surface area contributed by atoms with Crippen LogP contribution in [0, 0.1) is 0 Å². The van der Waals surface area contributed by atoms with Gasteiger partial charge in [0.15, 0.2) is 0 Å². The van der Waals surface area contributed by atoms with Crippen LogP contribution in [0.5, 0.6) is 0 Å². The second-order valence-corrected chi connectivity index (χ2v) is 5.77. The molecule has 0 aliphatic heterocycles. The Balaban J connectivity index is 3.69.